The second-order valence-corrected chi connectivity index (χ2v) is 7.46. The molecule has 0 aliphatic carbocycles. The van der Waals surface area contributed by atoms with Crippen molar-refractivity contribution in [3.63, 3.8) is 0 Å². The van der Waals surface area contributed by atoms with E-state index in [0.717, 1.165) is 32.7 Å². The van der Waals surface area contributed by atoms with Gasteiger partial charge in [-0.25, -0.2) is 8.42 Å². The fourth-order valence-electron chi connectivity index (χ4n) is 2.32. The van der Waals surface area contributed by atoms with Gasteiger partial charge in [-0.1, -0.05) is 0 Å². The Morgan fingerprint density at radius 2 is 2.18 bits per heavy atom. The SMILES string of the molecule is CNCC1(CN(C)CCS(C)(=O)=O)CCOC1. The molecular weight excluding hydrogens is 240 g/mol. The molecule has 5 nitrogen and oxygen atoms in total. The van der Waals surface area contributed by atoms with E-state index in [-0.39, 0.29) is 11.2 Å². The topological polar surface area (TPSA) is 58.6 Å². The summed E-state index contributed by atoms with van der Waals surface area (Å²) in [6.45, 7) is 3.95. The summed E-state index contributed by atoms with van der Waals surface area (Å²) < 4.78 is 27.7. The van der Waals surface area contributed by atoms with Gasteiger partial charge in [-0.15, -0.1) is 0 Å². The lowest BCUT2D eigenvalue weighted by Crippen LogP contribution is -2.43. The van der Waals surface area contributed by atoms with Crippen molar-refractivity contribution in [2.24, 2.45) is 5.41 Å². The van der Waals surface area contributed by atoms with E-state index in [0.29, 0.717) is 6.54 Å². The van der Waals surface area contributed by atoms with Gasteiger partial charge in [0, 0.05) is 37.9 Å². The average Bonchev–Trinajstić information content (AvgIpc) is 2.63. The van der Waals surface area contributed by atoms with Crippen LogP contribution in [0.25, 0.3) is 0 Å². The number of nitrogens with one attached hydrogen (secondary N) is 1. The number of rotatable bonds is 7. The fourth-order valence-corrected chi connectivity index (χ4v) is 2.96. The Morgan fingerprint density at radius 3 is 2.65 bits per heavy atom. The van der Waals surface area contributed by atoms with Crippen molar-refractivity contribution in [2.45, 2.75) is 6.42 Å². The van der Waals surface area contributed by atoms with E-state index >= 15 is 0 Å². The Balaban J connectivity index is 2.44. The molecule has 0 spiro atoms. The highest BCUT2D eigenvalue weighted by atomic mass is 32.2. The smallest absolute Gasteiger partial charge is 0.148 e. The first-order chi connectivity index (χ1) is 7.87. The molecule has 1 aliphatic rings. The third kappa shape index (κ3) is 5.33. The molecule has 1 atom stereocenters. The van der Waals surface area contributed by atoms with E-state index in [1.807, 2.05) is 14.1 Å². The van der Waals surface area contributed by atoms with Crippen LogP contribution in [0.15, 0.2) is 0 Å². The maximum absolute atomic E-state index is 11.1. The largest absolute Gasteiger partial charge is 0.381 e. The van der Waals surface area contributed by atoms with Gasteiger partial charge in [0.05, 0.1) is 12.4 Å². The maximum Gasteiger partial charge on any atom is 0.148 e. The second-order valence-electron chi connectivity index (χ2n) is 5.20. The molecule has 6 heteroatoms. The zero-order valence-corrected chi connectivity index (χ0v) is 11.8. The van der Waals surface area contributed by atoms with Gasteiger partial charge in [0.2, 0.25) is 0 Å². The Hall–Kier alpha value is -0.170. The van der Waals surface area contributed by atoms with Crippen LogP contribution in [0.5, 0.6) is 0 Å². The molecule has 0 aromatic heterocycles. The van der Waals surface area contributed by atoms with E-state index in [9.17, 15) is 8.42 Å². The lowest BCUT2D eigenvalue weighted by Gasteiger charge is -2.32. The van der Waals surface area contributed by atoms with Crippen LogP contribution in [0.4, 0.5) is 0 Å². The maximum atomic E-state index is 11.1. The van der Waals surface area contributed by atoms with Crippen LogP contribution < -0.4 is 5.32 Å². The zero-order valence-electron chi connectivity index (χ0n) is 11.0. The van der Waals surface area contributed by atoms with Crippen LogP contribution in [0, 0.1) is 5.41 Å². The van der Waals surface area contributed by atoms with Gasteiger partial charge in [-0.2, -0.15) is 0 Å². The van der Waals surface area contributed by atoms with Crippen molar-refractivity contribution in [1.29, 1.82) is 0 Å². The molecule has 1 heterocycles. The lowest BCUT2D eigenvalue weighted by molar-refractivity contribution is 0.122. The van der Waals surface area contributed by atoms with E-state index in [4.69, 9.17) is 4.74 Å². The predicted octanol–water partition coefficient (Wildman–Crippen LogP) is -0.411. The Morgan fingerprint density at radius 1 is 1.47 bits per heavy atom. The zero-order chi connectivity index (χ0) is 12.9. The summed E-state index contributed by atoms with van der Waals surface area (Å²) in [5.74, 6) is 0.222. The molecule has 1 rings (SSSR count). The highest BCUT2D eigenvalue weighted by Crippen LogP contribution is 2.28. The van der Waals surface area contributed by atoms with E-state index in [2.05, 4.69) is 10.2 Å². The standard InChI is InChI=1S/C11H24N2O3S/c1-12-8-11(4-6-16-10-11)9-13(2)5-7-17(3,14)15/h12H,4-10H2,1-3H3. The van der Waals surface area contributed by atoms with E-state index in [1.165, 1.54) is 6.26 Å². The predicted molar refractivity (Wildman–Crippen MR) is 69.0 cm³/mol. The highest BCUT2D eigenvalue weighted by Gasteiger charge is 2.35. The molecule has 1 fully saturated rings. The molecule has 102 valence electrons. The number of nitrogens with zero attached hydrogens (tertiary/aromatic N) is 1. The van der Waals surface area contributed by atoms with Gasteiger partial charge in [0.15, 0.2) is 0 Å². The summed E-state index contributed by atoms with van der Waals surface area (Å²) >= 11 is 0. The number of ether oxygens (including phenoxy) is 1. The molecule has 17 heavy (non-hydrogen) atoms. The first-order valence-corrected chi connectivity index (χ1v) is 8.02. The van der Waals surface area contributed by atoms with E-state index < -0.39 is 9.84 Å². The monoisotopic (exact) mass is 264 g/mol. The van der Waals surface area contributed by atoms with Gasteiger partial charge >= 0.3 is 0 Å². The van der Waals surface area contributed by atoms with Crippen molar-refractivity contribution < 1.29 is 13.2 Å². The molecule has 1 unspecified atom stereocenters. The summed E-state index contributed by atoms with van der Waals surface area (Å²) in [6, 6.07) is 0. The van der Waals surface area contributed by atoms with Gasteiger partial charge in [0.25, 0.3) is 0 Å². The summed E-state index contributed by atoms with van der Waals surface area (Å²) in [7, 11) is 1.04. The Labute approximate surface area is 104 Å². The molecule has 0 amide bonds. The van der Waals surface area contributed by atoms with Crippen LogP contribution in [-0.4, -0.2) is 72.3 Å². The number of hydrogen-bond donors (Lipinski definition) is 1. The summed E-state index contributed by atoms with van der Waals surface area (Å²) in [4.78, 5) is 2.09. The Bertz CT molecular complexity index is 324. The van der Waals surface area contributed by atoms with Crippen LogP contribution in [0.3, 0.4) is 0 Å². The van der Waals surface area contributed by atoms with Crippen molar-refractivity contribution in [3.05, 3.63) is 0 Å². The summed E-state index contributed by atoms with van der Waals surface area (Å²) in [5, 5.41) is 3.20. The van der Waals surface area contributed by atoms with Crippen molar-refractivity contribution in [3.8, 4) is 0 Å². The van der Waals surface area contributed by atoms with Crippen LogP contribution >= 0.6 is 0 Å². The van der Waals surface area contributed by atoms with Crippen LogP contribution in [-0.2, 0) is 14.6 Å². The first kappa shape index (κ1) is 14.9. The minimum atomic E-state index is -2.87. The summed E-state index contributed by atoms with van der Waals surface area (Å²) in [6.07, 6.45) is 2.32. The third-order valence-corrected chi connectivity index (χ3v) is 4.11. The van der Waals surface area contributed by atoms with Crippen molar-refractivity contribution in [2.75, 3.05) is 59.0 Å². The lowest BCUT2D eigenvalue weighted by atomic mass is 9.86. The molecule has 0 radical (unpaired) electrons. The molecule has 0 bridgehead atoms. The quantitative estimate of drug-likeness (QED) is 0.677. The normalized spacial score (nSPS) is 25.6. The molecule has 0 saturated carbocycles. The van der Waals surface area contributed by atoms with Gasteiger partial charge < -0.3 is 15.0 Å². The van der Waals surface area contributed by atoms with E-state index in [1.54, 1.807) is 0 Å². The minimum absolute atomic E-state index is 0.140. The molecule has 1 N–H and O–H groups in total. The fraction of sp³-hybridized carbons (Fsp3) is 1.00. The molecule has 1 aliphatic heterocycles. The first-order valence-electron chi connectivity index (χ1n) is 5.96. The van der Waals surface area contributed by atoms with Crippen molar-refractivity contribution in [1.82, 2.24) is 10.2 Å². The summed E-state index contributed by atoms with van der Waals surface area (Å²) in [5.41, 5.74) is 0.140. The van der Waals surface area contributed by atoms with Crippen molar-refractivity contribution >= 4 is 9.84 Å². The number of hydrogen-bond acceptors (Lipinski definition) is 5. The van der Waals surface area contributed by atoms with Crippen LogP contribution in [0.1, 0.15) is 6.42 Å². The average molecular weight is 264 g/mol. The highest BCUT2D eigenvalue weighted by molar-refractivity contribution is 7.90. The van der Waals surface area contributed by atoms with Crippen LogP contribution in [0.2, 0.25) is 0 Å². The molecular formula is C11H24N2O3S. The van der Waals surface area contributed by atoms with Gasteiger partial charge in [-0.3, -0.25) is 0 Å². The molecule has 0 aromatic carbocycles. The third-order valence-electron chi connectivity index (χ3n) is 3.19. The minimum Gasteiger partial charge on any atom is -0.381 e. The second kappa shape index (κ2) is 6.13. The van der Waals surface area contributed by atoms with Gasteiger partial charge in [0.1, 0.15) is 9.84 Å². The molecule has 1 saturated heterocycles. The molecule has 0 aromatic rings. The number of sulfone groups is 1. The Kier molecular flexibility index (Phi) is 5.37. The van der Waals surface area contributed by atoms with Gasteiger partial charge in [-0.05, 0) is 20.5 Å².